The van der Waals surface area contributed by atoms with Gasteiger partial charge >= 0.3 is 0 Å². The third kappa shape index (κ3) is 3.60. The molecule has 0 amide bonds. The minimum Gasteiger partial charge on any atom is -0.396 e. The summed E-state index contributed by atoms with van der Waals surface area (Å²) in [6.45, 7) is 7.61. The number of aliphatic hydroxyl groups excluding tert-OH is 1. The van der Waals surface area contributed by atoms with Crippen LogP contribution in [0.1, 0.15) is 36.0 Å². The van der Waals surface area contributed by atoms with Crippen LogP contribution in [0.3, 0.4) is 0 Å². The van der Waals surface area contributed by atoms with Gasteiger partial charge in [-0.25, -0.2) is 5.26 Å². The molecule has 0 aliphatic heterocycles. The van der Waals surface area contributed by atoms with Gasteiger partial charge in [0.1, 0.15) is 5.76 Å². The monoisotopic (exact) mass is 275 g/mol. The highest BCUT2D eigenvalue weighted by Crippen LogP contribution is 2.36. The molecule has 1 aromatic carbocycles. The third-order valence-corrected chi connectivity index (χ3v) is 3.66. The molecular weight excluding hydrogens is 254 g/mol. The van der Waals surface area contributed by atoms with Crippen LogP contribution in [0.2, 0.25) is 0 Å². The molecule has 2 N–H and O–H groups in total. The number of aryl methyl sites for hydroxylation is 2. The summed E-state index contributed by atoms with van der Waals surface area (Å²) < 4.78 is 0. The molecule has 4 nitrogen and oxygen atoms in total. The van der Waals surface area contributed by atoms with Gasteiger partial charge in [-0.1, -0.05) is 24.8 Å². The van der Waals surface area contributed by atoms with Gasteiger partial charge in [0.15, 0.2) is 0 Å². The van der Waals surface area contributed by atoms with E-state index in [1.165, 1.54) is 0 Å². The van der Waals surface area contributed by atoms with E-state index in [-0.39, 0.29) is 18.8 Å². The molecule has 1 rings (SSSR count). The van der Waals surface area contributed by atoms with Crippen molar-refractivity contribution in [3.8, 4) is 6.07 Å². The van der Waals surface area contributed by atoms with E-state index in [0.29, 0.717) is 12.8 Å². The summed E-state index contributed by atoms with van der Waals surface area (Å²) in [6, 6.07) is 8.17. The molecule has 0 aliphatic rings. The Morgan fingerprint density at radius 2 is 2.10 bits per heavy atom. The summed E-state index contributed by atoms with van der Waals surface area (Å²) in [4.78, 5) is 4.15. The number of allylic oxidation sites excluding steroid dienone is 1. The lowest BCUT2D eigenvalue weighted by Crippen LogP contribution is -2.26. The fraction of sp³-hybridized carbons (Fsp3) is 0.438. The van der Waals surface area contributed by atoms with Crippen molar-refractivity contribution in [1.82, 2.24) is 0 Å². The molecule has 108 valence electrons. The molecule has 0 aliphatic carbocycles. The average Bonchev–Trinajstić information content (AvgIpc) is 2.46. The molecule has 20 heavy (non-hydrogen) atoms. The van der Waals surface area contributed by atoms with Crippen molar-refractivity contribution < 1.29 is 15.3 Å². The first-order valence-electron chi connectivity index (χ1n) is 6.58. The summed E-state index contributed by atoms with van der Waals surface area (Å²) in [5.41, 5.74) is 2.26. The number of rotatable bonds is 7. The number of benzene rings is 1. The lowest BCUT2D eigenvalue weighted by molar-refractivity contribution is -0.206. The highest BCUT2D eigenvalue weighted by atomic mass is 17.1. The Balaban J connectivity index is 3.23. The van der Waals surface area contributed by atoms with Crippen LogP contribution in [0, 0.1) is 25.2 Å². The normalized spacial score (nSPS) is 13.3. The van der Waals surface area contributed by atoms with E-state index in [2.05, 4.69) is 17.5 Å². The zero-order valence-corrected chi connectivity index (χ0v) is 12.0. The number of hydrogen-bond acceptors (Lipinski definition) is 4. The van der Waals surface area contributed by atoms with Gasteiger partial charge in [0, 0.05) is 13.0 Å². The first-order valence-corrected chi connectivity index (χ1v) is 6.58. The fourth-order valence-corrected chi connectivity index (χ4v) is 2.28. The summed E-state index contributed by atoms with van der Waals surface area (Å²) in [7, 11) is 0. The summed E-state index contributed by atoms with van der Waals surface area (Å²) >= 11 is 0. The van der Waals surface area contributed by atoms with Gasteiger partial charge in [-0.05, 0) is 43.4 Å². The summed E-state index contributed by atoms with van der Waals surface area (Å²) in [6.07, 6.45) is 1.17. The molecule has 4 heteroatoms. The van der Waals surface area contributed by atoms with Crippen molar-refractivity contribution in [2.75, 3.05) is 6.61 Å². The van der Waals surface area contributed by atoms with Gasteiger partial charge in [-0.2, -0.15) is 5.26 Å². The van der Waals surface area contributed by atoms with Crippen LogP contribution < -0.4 is 0 Å². The van der Waals surface area contributed by atoms with Crippen molar-refractivity contribution in [3.05, 3.63) is 47.2 Å². The second-order valence-electron chi connectivity index (χ2n) is 5.13. The number of nitriles is 1. The fourth-order valence-electron chi connectivity index (χ4n) is 2.28. The van der Waals surface area contributed by atoms with E-state index < -0.39 is 5.41 Å². The average molecular weight is 275 g/mol. The van der Waals surface area contributed by atoms with E-state index in [4.69, 9.17) is 10.4 Å². The van der Waals surface area contributed by atoms with Crippen LogP contribution in [0.25, 0.3) is 0 Å². The molecule has 0 saturated heterocycles. The van der Waals surface area contributed by atoms with Crippen LogP contribution in [-0.4, -0.2) is 17.0 Å². The summed E-state index contributed by atoms with van der Waals surface area (Å²) in [5.74, 6) is 0.141. The number of aliphatic hydroxyl groups is 1. The summed E-state index contributed by atoms with van der Waals surface area (Å²) in [5, 5.41) is 27.4. The first-order chi connectivity index (χ1) is 9.49. The van der Waals surface area contributed by atoms with Gasteiger partial charge in [0.05, 0.1) is 11.5 Å². The SMILES string of the molecule is C=C(CC(C#N)(CCCO)c1ccc(C)c(C)c1)OO. The molecule has 1 aromatic rings. The van der Waals surface area contributed by atoms with Crippen LogP contribution >= 0.6 is 0 Å². The maximum absolute atomic E-state index is 9.65. The maximum atomic E-state index is 9.65. The van der Waals surface area contributed by atoms with Gasteiger partial charge in [-0.15, -0.1) is 0 Å². The molecule has 0 spiro atoms. The smallest absolute Gasteiger partial charge is 0.137 e. The number of hydrogen-bond donors (Lipinski definition) is 2. The topological polar surface area (TPSA) is 73.5 Å². The minimum atomic E-state index is -0.846. The van der Waals surface area contributed by atoms with Crippen molar-refractivity contribution in [3.63, 3.8) is 0 Å². The van der Waals surface area contributed by atoms with Crippen LogP contribution in [-0.2, 0) is 10.3 Å². The highest BCUT2D eigenvalue weighted by molar-refractivity contribution is 5.39. The van der Waals surface area contributed by atoms with Crippen molar-refractivity contribution in [2.24, 2.45) is 0 Å². The molecule has 0 radical (unpaired) electrons. The second-order valence-corrected chi connectivity index (χ2v) is 5.13. The Morgan fingerprint density at radius 1 is 1.40 bits per heavy atom. The Hall–Kier alpha value is -1.83. The molecule has 0 saturated carbocycles. The Bertz CT molecular complexity index is 519. The predicted octanol–water partition coefficient (Wildman–Crippen LogP) is 3.23. The molecule has 0 heterocycles. The Labute approximate surface area is 119 Å². The van der Waals surface area contributed by atoms with Crippen molar-refractivity contribution >= 4 is 0 Å². The lowest BCUT2D eigenvalue weighted by Gasteiger charge is -2.27. The van der Waals surface area contributed by atoms with Crippen molar-refractivity contribution in [2.45, 2.75) is 38.5 Å². The van der Waals surface area contributed by atoms with E-state index in [1.807, 2.05) is 32.0 Å². The first kappa shape index (κ1) is 16.2. The van der Waals surface area contributed by atoms with Crippen LogP contribution in [0.15, 0.2) is 30.5 Å². The molecular formula is C16H21NO3. The Kier molecular flexibility index (Phi) is 5.75. The minimum absolute atomic E-state index is 0.0146. The zero-order chi connectivity index (χ0) is 15.2. The van der Waals surface area contributed by atoms with Crippen molar-refractivity contribution in [1.29, 1.82) is 5.26 Å². The van der Waals surface area contributed by atoms with Crippen LogP contribution in [0.4, 0.5) is 0 Å². The molecule has 0 fully saturated rings. The molecule has 0 aromatic heterocycles. The quantitative estimate of drug-likeness (QED) is 0.455. The van der Waals surface area contributed by atoms with Gasteiger partial charge < -0.3 is 9.99 Å². The predicted molar refractivity (Wildman–Crippen MR) is 77.0 cm³/mol. The third-order valence-electron chi connectivity index (χ3n) is 3.66. The largest absolute Gasteiger partial charge is 0.396 e. The maximum Gasteiger partial charge on any atom is 0.137 e. The van der Waals surface area contributed by atoms with Crippen LogP contribution in [0.5, 0.6) is 0 Å². The molecule has 1 unspecified atom stereocenters. The molecule has 0 bridgehead atoms. The second kappa shape index (κ2) is 7.09. The van der Waals surface area contributed by atoms with E-state index >= 15 is 0 Å². The number of nitrogens with zero attached hydrogens (tertiary/aromatic N) is 1. The standard InChI is InChI=1S/C16H21NO3/c1-12-5-6-15(9-13(12)2)16(11-17,7-4-8-18)10-14(3)20-19/h5-6,9,18-19H,3-4,7-8,10H2,1-2H3. The molecule has 1 atom stereocenters. The van der Waals surface area contributed by atoms with Gasteiger partial charge in [0.2, 0.25) is 0 Å². The zero-order valence-electron chi connectivity index (χ0n) is 12.0. The highest BCUT2D eigenvalue weighted by Gasteiger charge is 2.33. The Morgan fingerprint density at radius 3 is 2.60 bits per heavy atom. The van der Waals surface area contributed by atoms with Gasteiger partial charge in [0.25, 0.3) is 0 Å². The van der Waals surface area contributed by atoms with E-state index in [1.54, 1.807) is 0 Å². The van der Waals surface area contributed by atoms with E-state index in [9.17, 15) is 5.26 Å². The van der Waals surface area contributed by atoms with E-state index in [0.717, 1.165) is 16.7 Å². The van der Waals surface area contributed by atoms with Gasteiger partial charge in [-0.3, -0.25) is 0 Å². The lowest BCUT2D eigenvalue weighted by atomic mass is 9.74.